The van der Waals surface area contributed by atoms with Crippen LogP contribution < -0.4 is 5.32 Å². The number of anilines is 1. The van der Waals surface area contributed by atoms with Gasteiger partial charge in [0.15, 0.2) is 0 Å². The van der Waals surface area contributed by atoms with Gasteiger partial charge in [-0.05, 0) is 76.1 Å². The summed E-state index contributed by atoms with van der Waals surface area (Å²) < 4.78 is 2.36. The van der Waals surface area contributed by atoms with Crippen LogP contribution in [-0.4, -0.2) is 49.8 Å². The molecule has 3 heterocycles. The van der Waals surface area contributed by atoms with E-state index in [2.05, 4.69) is 59.1 Å². The van der Waals surface area contributed by atoms with Crippen molar-refractivity contribution in [3.63, 3.8) is 0 Å². The number of aliphatic hydroxyl groups is 1. The number of rotatable bonds is 8. The van der Waals surface area contributed by atoms with Crippen LogP contribution in [0.3, 0.4) is 0 Å². The molecule has 1 saturated carbocycles. The van der Waals surface area contributed by atoms with Crippen LogP contribution in [0.1, 0.15) is 83.2 Å². The van der Waals surface area contributed by atoms with Crippen LogP contribution in [0.5, 0.6) is 0 Å². The van der Waals surface area contributed by atoms with E-state index in [9.17, 15) is 5.11 Å². The van der Waals surface area contributed by atoms with Crippen LogP contribution in [0.15, 0.2) is 36.7 Å². The summed E-state index contributed by atoms with van der Waals surface area (Å²) in [7, 11) is 0. The molecule has 1 aliphatic heterocycles. The molecule has 2 aromatic heterocycles. The van der Waals surface area contributed by atoms with E-state index in [0.717, 1.165) is 56.1 Å². The molecule has 6 heteroatoms. The first kappa shape index (κ1) is 24.3. The van der Waals surface area contributed by atoms with Gasteiger partial charge in [0.2, 0.25) is 5.95 Å². The van der Waals surface area contributed by atoms with Gasteiger partial charge in [0, 0.05) is 42.0 Å². The third-order valence-corrected chi connectivity index (χ3v) is 7.85. The third kappa shape index (κ3) is 5.70. The average molecular weight is 476 g/mol. The predicted octanol–water partition coefficient (Wildman–Crippen LogP) is 6.16. The van der Waals surface area contributed by atoms with Gasteiger partial charge < -0.3 is 15.0 Å². The van der Waals surface area contributed by atoms with Crippen LogP contribution in [0.4, 0.5) is 5.95 Å². The van der Waals surface area contributed by atoms with Gasteiger partial charge in [0.1, 0.15) is 5.65 Å². The molecule has 6 nitrogen and oxygen atoms in total. The quantitative estimate of drug-likeness (QED) is 0.408. The monoisotopic (exact) mass is 475 g/mol. The minimum absolute atomic E-state index is 0.165. The molecule has 1 aromatic carbocycles. The molecule has 0 spiro atoms. The topological polar surface area (TPSA) is 66.2 Å². The molecular formula is C29H41N5O. The first-order valence-corrected chi connectivity index (χ1v) is 13.7. The summed E-state index contributed by atoms with van der Waals surface area (Å²) in [6.45, 7) is 7.87. The van der Waals surface area contributed by atoms with Crippen LogP contribution in [0, 0.1) is 0 Å². The van der Waals surface area contributed by atoms with E-state index < -0.39 is 0 Å². The molecule has 35 heavy (non-hydrogen) atoms. The van der Waals surface area contributed by atoms with Gasteiger partial charge >= 0.3 is 0 Å². The Morgan fingerprint density at radius 3 is 2.51 bits per heavy atom. The Morgan fingerprint density at radius 1 is 1.06 bits per heavy atom. The Hall–Kier alpha value is -2.44. The standard InChI is InChI=1S/C29H41N5O/c1-3-7-21(2)31-29-30-18-26-27(20-34(28(26)32-29)24-12-14-25(35)15-13-24)23-10-8-22(9-11-23)19-33-16-5-4-6-17-33/h8-11,18,20-21,24-25,35H,3-7,12-17,19H2,1-2H3,(H,30,31,32)/t21?,24-,25-. The number of fused-ring (bicyclic) bond motifs is 1. The predicted molar refractivity (Wildman–Crippen MR) is 144 cm³/mol. The minimum atomic E-state index is -0.165. The fourth-order valence-electron chi connectivity index (χ4n) is 5.83. The molecule has 0 amide bonds. The second-order valence-electron chi connectivity index (χ2n) is 10.7. The second kappa shape index (κ2) is 11.1. The summed E-state index contributed by atoms with van der Waals surface area (Å²) in [4.78, 5) is 12.3. The van der Waals surface area contributed by atoms with E-state index in [4.69, 9.17) is 9.97 Å². The summed E-state index contributed by atoms with van der Waals surface area (Å²) in [5.74, 6) is 0.706. The molecule has 0 bridgehead atoms. The molecule has 0 radical (unpaired) electrons. The number of benzene rings is 1. The Labute approximate surface area is 209 Å². The lowest BCUT2D eigenvalue weighted by Gasteiger charge is -2.27. The zero-order chi connectivity index (χ0) is 24.2. The molecule has 1 unspecified atom stereocenters. The van der Waals surface area contributed by atoms with Crippen molar-refractivity contribution in [1.82, 2.24) is 19.4 Å². The normalized spacial score (nSPS) is 22.4. The number of nitrogens with one attached hydrogen (secondary N) is 1. The maximum Gasteiger partial charge on any atom is 0.224 e. The maximum atomic E-state index is 10.1. The fraction of sp³-hybridized carbons (Fsp3) is 0.586. The zero-order valence-corrected chi connectivity index (χ0v) is 21.4. The van der Waals surface area contributed by atoms with Gasteiger partial charge in [-0.3, -0.25) is 4.90 Å². The van der Waals surface area contributed by atoms with E-state index in [1.165, 1.54) is 49.0 Å². The lowest BCUT2D eigenvalue weighted by molar-refractivity contribution is 0.111. The van der Waals surface area contributed by atoms with Crippen molar-refractivity contribution in [2.24, 2.45) is 0 Å². The van der Waals surface area contributed by atoms with Crippen LogP contribution in [0.2, 0.25) is 0 Å². The molecular weight excluding hydrogens is 434 g/mol. The van der Waals surface area contributed by atoms with Gasteiger partial charge in [-0.2, -0.15) is 4.98 Å². The molecule has 188 valence electrons. The molecule has 1 atom stereocenters. The average Bonchev–Trinajstić information content (AvgIpc) is 3.24. The third-order valence-electron chi connectivity index (χ3n) is 7.85. The highest BCUT2D eigenvalue weighted by Crippen LogP contribution is 2.37. The molecule has 2 aliphatic rings. The molecule has 2 fully saturated rings. The van der Waals surface area contributed by atoms with Crippen molar-refractivity contribution in [3.8, 4) is 11.1 Å². The van der Waals surface area contributed by atoms with Gasteiger partial charge in [-0.15, -0.1) is 0 Å². The number of aliphatic hydroxyl groups excluding tert-OH is 1. The van der Waals surface area contributed by atoms with Gasteiger partial charge in [-0.1, -0.05) is 44.0 Å². The van der Waals surface area contributed by atoms with Crippen molar-refractivity contribution < 1.29 is 5.11 Å². The lowest BCUT2D eigenvalue weighted by Crippen LogP contribution is -2.28. The lowest BCUT2D eigenvalue weighted by atomic mass is 9.93. The number of likely N-dealkylation sites (tertiary alicyclic amines) is 1. The highest BCUT2D eigenvalue weighted by Gasteiger charge is 2.24. The van der Waals surface area contributed by atoms with Gasteiger partial charge in [0.25, 0.3) is 0 Å². The molecule has 5 rings (SSSR count). The van der Waals surface area contributed by atoms with Crippen molar-refractivity contribution >= 4 is 17.0 Å². The number of hydrogen-bond acceptors (Lipinski definition) is 5. The summed E-state index contributed by atoms with van der Waals surface area (Å²) in [5.41, 5.74) is 4.80. The van der Waals surface area contributed by atoms with Crippen LogP contribution in [-0.2, 0) is 6.54 Å². The number of piperidine rings is 1. The van der Waals surface area contributed by atoms with E-state index in [0.29, 0.717) is 18.0 Å². The number of aromatic nitrogens is 3. The SMILES string of the molecule is CCCC(C)Nc1ncc2c(-c3ccc(CN4CCCCC4)cc3)cn([C@H]3CC[C@H](O)CC3)c2n1. The van der Waals surface area contributed by atoms with Crippen molar-refractivity contribution in [2.75, 3.05) is 18.4 Å². The van der Waals surface area contributed by atoms with E-state index >= 15 is 0 Å². The Bertz CT molecular complexity index is 1090. The Morgan fingerprint density at radius 2 is 1.80 bits per heavy atom. The van der Waals surface area contributed by atoms with E-state index in [-0.39, 0.29) is 6.10 Å². The maximum absolute atomic E-state index is 10.1. The highest BCUT2D eigenvalue weighted by atomic mass is 16.3. The first-order chi connectivity index (χ1) is 17.1. The summed E-state index contributed by atoms with van der Waals surface area (Å²) >= 11 is 0. The molecule has 1 aliphatic carbocycles. The molecule has 2 N–H and O–H groups in total. The summed E-state index contributed by atoms with van der Waals surface area (Å²) in [6.07, 6.45) is 14.0. The highest BCUT2D eigenvalue weighted by molar-refractivity contribution is 5.94. The molecule has 3 aromatic rings. The van der Waals surface area contributed by atoms with Crippen molar-refractivity contribution in [1.29, 1.82) is 0 Å². The van der Waals surface area contributed by atoms with Gasteiger partial charge in [0.05, 0.1) is 6.10 Å². The summed E-state index contributed by atoms with van der Waals surface area (Å²) in [6, 6.07) is 9.80. The van der Waals surface area contributed by atoms with Gasteiger partial charge in [-0.25, -0.2) is 4.98 Å². The smallest absolute Gasteiger partial charge is 0.224 e. The zero-order valence-electron chi connectivity index (χ0n) is 21.4. The number of hydrogen-bond donors (Lipinski definition) is 2. The largest absolute Gasteiger partial charge is 0.393 e. The van der Waals surface area contributed by atoms with Crippen molar-refractivity contribution in [3.05, 3.63) is 42.2 Å². The minimum Gasteiger partial charge on any atom is -0.393 e. The summed E-state index contributed by atoms with van der Waals surface area (Å²) in [5, 5.41) is 14.7. The van der Waals surface area contributed by atoms with Crippen LogP contribution in [0.25, 0.3) is 22.2 Å². The molecule has 1 saturated heterocycles. The number of nitrogens with zero attached hydrogens (tertiary/aromatic N) is 4. The van der Waals surface area contributed by atoms with E-state index in [1.54, 1.807) is 0 Å². The van der Waals surface area contributed by atoms with Crippen LogP contribution >= 0.6 is 0 Å². The Balaban J connectivity index is 1.45. The Kier molecular flexibility index (Phi) is 7.69. The van der Waals surface area contributed by atoms with E-state index in [1.807, 2.05) is 6.20 Å². The first-order valence-electron chi connectivity index (χ1n) is 13.7. The van der Waals surface area contributed by atoms with Crippen molar-refractivity contribution in [2.45, 2.75) is 96.4 Å². The fourth-order valence-corrected chi connectivity index (χ4v) is 5.83. The second-order valence-corrected chi connectivity index (χ2v) is 10.7.